The van der Waals surface area contributed by atoms with Crippen LogP contribution in [-0.2, 0) is 6.42 Å². The van der Waals surface area contributed by atoms with E-state index in [-0.39, 0.29) is 11.5 Å². The lowest BCUT2D eigenvalue weighted by atomic mass is 9.97. The third kappa shape index (κ3) is 5.50. The summed E-state index contributed by atoms with van der Waals surface area (Å²) >= 11 is 6.21. The van der Waals surface area contributed by atoms with Crippen molar-refractivity contribution in [2.24, 2.45) is 5.73 Å². The highest BCUT2D eigenvalue weighted by molar-refractivity contribution is 6.30. The maximum Gasteiger partial charge on any atom is 0.261 e. The number of hydrogen-bond acceptors (Lipinski definition) is 4. The zero-order valence-electron chi connectivity index (χ0n) is 20.7. The number of aryl methyl sites for hydroxylation is 1. The maximum absolute atomic E-state index is 13.8. The SMILES string of the molecule is CCC(c1nc2ccc(Cl)cn2c(=O)c1Cc1ccccc1)N(CCCN)C(=O)c1ccc(C)cc1. The molecule has 0 saturated carbocycles. The molecule has 2 aromatic heterocycles. The molecule has 36 heavy (non-hydrogen) atoms. The van der Waals surface area contributed by atoms with Gasteiger partial charge >= 0.3 is 0 Å². The second-order valence-corrected chi connectivity index (χ2v) is 9.39. The average molecular weight is 503 g/mol. The van der Waals surface area contributed by atoms with Crippen molar-refractivity contribution < 1.29 is 4.79 Å². The van der Waals surface area contributed by atoms with Crippen molar-refractivity contribution in [3.8, 4) is 0 Å². The molecule has 2 N–H and O–H groups in total. The van der Waals surface area contributed by atoms with Gasteiger partial charge in [-0.15, -0.1) is 0 Å². The normalized spacial score (nSPS) is 12.0. The molecular formula is C29H31ClN4O2. The van der Waals surface area contributed by atoms with Crippen molar-refractivity contribution in [1.82, 2.24) is 14.3 Å². The Balaban J connectivity index is 1.88. The average Bonchev–Trinajstić information content (AvgIpc) is 2.89. The summed E-state index contributed by atoms with van der Waals surface area (Å²) in [5.41, 5.74) is 10.0. The lowest BCUT2D eigenvalue weighted by molar-refractivity contribution is 0.0664. The topological polar surface area (TPSA) is 80.7 Å². The number of nitrogens with zero attached hydrogens (tertiary/aromatic N) is 3. The Bertz CT molecular complexity index is 1400. The van der Waals surface area contributed by atoms with E-state index in [0.717, 1.165) is 11.1 Å². The number of rotatable bonds is 9. The summed E-state index contributed by atoms with van der Waals surface area (Å²) in [6.45, 7) is 4.93. The highest BCUT2D eigenvalue weighted by Gasteiger charge is 2.29. The Morgan fingerprint density at radius 3 is 2.47 bits per heavy atom. The Hall–Kier alpha value is -3.48. The largest absolute Gasteiger partial charge is 0.330 e. The summed E-state index contributed by atoms with van der Waals surface area (Å²) in [5, 5.41) is 0.455. The molecular weight excluding hydrogens is 472 g/mol. The lowest BCUT2D eigenvalue weighted by Crippen LogP contribution is -2.38. The quantitative estimate of drug-likeness (QED) is 0.341. The fourth-order valence-electron chi connectivity index (χ4n) is 4.49. The van der Waals surface area contributed by atoms with Gasteiger partial charge in [0.25, 0.3) is 11.5 Å². The second-order valence-electron chi connectivity index (χ2n) is 8.95. The van der Waals surface area contributed by atoms with Crippen molar-refractivity contribution in [2.45, 2.75) is 39.2 Å². The molecule has 1 atom stereocenters. The van der Waals surface area contributed by atoms with E-state index < -0.39 is 6.04 Å². The van der Waals surface area contributed by atoms with Crippen LogP contribution in [0.3, 0.4) is 0 Å². The summed E-state index contributed by atoms with van der Waals surface area (Å²) in [5.74, 6) is -0.0981. The van der Waals surface area contributed by atoms with Crippen LogP contribution in [-0.4, -0.2) is 33.3 Å². The smallest absolute Gasteiger partial charge is 0.261 e. The first-order valence-electron chi connectivity index (χ1n) is 12.2. The molecule has 0 fully saturated rings. The number of carbonyl (C=O) groups excluding carboxylic acids is 1. The number of pyridine rings is 1. The minimum atomic E-state index is -0.391. The Kier molecular flexibility index (Phi) is 8.18. The van der Waals surface area contributed by atoms with Crippen LogP contribution in [0, 0.1) is 6.92 Å². The molecule has 1 unspecified atom stereocenters. The van der Waals surface area contributed by atoms with Crippen LogP contribution in [0.2, 0.25) is 5.02 Å². The molecule has 2 heterocycles. The first-order chi connectivity index (χ1) is 17.4. The summed E-state index contributed by atoms with van der Waals surface area (Å²) in [6, 6.07) is 20.4. The number of aromatic nitrogens is 2. The van der Waals surface area contributed by atoms with Crippen LogP contribution < -0.4 is 11.3 Å². The number of nitrogens with two attached hydrogens (primary N) is 1. The number of carbonyl (C=O) groups is 1. The molecule has 1 amide bonds. The predicted molar refractivity (Wildman–Crippen MR) is 145 cm³/mol. The summed E-state index contributed by atoms with van der Waals surface area (Å²) in [6.07, 6.45) is 3.23. The second kappa shape index (κ2) is 11.5. The summed E-state index contributed by atoms with van der Waals surface area (Å²) in [4.78, 5) is 34.3. The van der Waals surface area contributed by atoms with Crippen LogP contribution in [0.5, 0.6) is 0 Å². The van der Waals surface area contributed by atoms with Crippen molar-refractivity contribution in [1.29, 1.82) is 0 Å². The van der Waals surface area contributed by atoms with Gasteiger partial charge in [0.1, 0.15) is 5.65 Å². The van der Waals surface area contributed by atoms with Crippen molar-refractivity contribution in [2.75, 3.05) is 13.1 Å². The van der Waals surface area contributed by atoms with E-state index in [4.69, 9.17) is 22.3 Å². The third-order valence-electron chi connectivity index (χ3n) is 6.38. The van der Waals surface area contributed by atoms with Crippen LogP contribution in [0.15, 0.2) is 77.7 Å². The van der Waals surface area contributed by atoms with Gasteiger partial charge in [0.2, 0.25) is 0 Å². The van der Waals surface area contributed by atoms with E-state index >= 15 is 0 Å². The molecule has 6 nitrogen and oxygen atoms in total. The molecule has 0 aliphatic rings. The fourth-order valence-corrected chi connectivity index (χ4v) is 4.65. The Labute approximate surface area is 216 Å². The number of hydrogen-bond donors (Lipinski definition) is 1. The van der Waals surface area contributed by atoms with E-state index in [0.29, 0.717) is 59.8 Å². The van der Waals surface area contributed by atoms with Gasteiger partial charge in [0.15, 0.2) is 0 Å². The molecule has 4 aromatic rings. The summed E-state index contributed by atoms with van der Waals surface area (Å²) < 4.78 is 1.49. The minimum absolute atomic E-state index is 0.0981. The Morgan fingerprint density at radius 1 is 1.08 bits per heavy atom. The van der Waals surface area contributed by atoms with Crippen LogP contribution in [0.1, 0.15) is 58.5 Å². The van der Waals surface area contributed by atoms with Gasteiger partial charge in [-0.2, -0.15) is 0 Å². The molecule has 0 aliphatic heterocycles. The molecule has 0 saturated heterocycles. The molecule has 2 aromatic carbocycles. The first-order valence-corrected chi connectivity index (χ1v) is 12.6. The number of fused-ring (bicyclic) bond motifs is 1. The monoisotopic (exact) mass is 502 g/mol. The van der Waals surface area contributed by atoms with E-state index in [9.17, 15) is 9.59 Å². The molecule has 0 bridgehead atoms. The molecule has 0 radical (unpaired) electrons. The number of amides is 1. The van der Waals surface area contributed by atoms with Gasteiger partial charge < -0.3 is 10.6 Å². The standard InChI is InChI=1S/C29H31ClN4O2/c1-3-25(33(17-7-16-31)28(35)22-12-10-20(2)11-13-22)27-24(18-21-8-5-4-6-9-21)29(36)34-19-23(30)14-15-26(34)32-27/h4-6,8-15,19,25H,3,7,16-18,31H2,1-2H3. The number of halogens is 1. The predicted octanol–water partition coefficient (Wildman–Crippen LogP) is 5.19. The molecule has 0 aliphatic carbocycles. The van der Waals surface area contributed by atoms with Crippen LogP contribution in [0.25, 0.3) is 5.65 Å². The van der Waals surface area contributed by atoms with E-state index in [1.165, 1.54) is 4.40 Å². The highest BCUT2D eigenvalue weighted by Crippen LogP contribution is 2.28. The van der Waals surface area contributed by atoms with Crippen molar-refractivity contribution in [3.05, 3.63) is 116 Å². The van der Waals surface area contributed by atoms with Gasteiger partial charge in [-0.05, 0) is 56.1 Å². The minimum Gasteiger partial charge on any atom is -0.330 e. The molecule has 0 spiro atoms. The highest BCUT2D eigenvalue weighted by atomic mass is 35.5. The van der Waals surface area contributed by atoms with Gasteiger partial charge in [0.05, 0.1) is 16.8 Å². The van der Waals surface area contributed by atoms with Gasteiger partial charge in [0, 0.05) is 30.3 Å². The van der Waals surface area contributed by atoms with Gasteiger partial charge in [-0.25, -0.2) is 4.98 Å². The Morgan fingerprint density at radius 2 is 1.81 bits per heavy atom. The van der Waals surface area contributed by atoms with Gasteiger partial charge in [-0.3, -0.25) is 14.0 Å². The number of benzene rings is 2. The van der Waals surface area contributed by atoms with Crippen molar-refractivity contribution in [3.63, 3.8) is 0 Å². The van der Waals surface area contributed by atoms with Gasteiger partial charge in [-0.1, -0.05) is 66.6 Å². The van der Waals surface area contributed by atoms with E-state index in [1.54, 1.807) is 18.3 Å². The molecule has 186 valence electrons. The zero-order chi connectivity index (χ0) is 25.7. The van der Waals surface area contributed by atoms with Crippen LogP contribution in [0.4, 0.5) is 0 Å². The first kappa shape index (κ1) is 25.6. The molecule has 4 rings (SSSR count). The van der Waals surface area contributed by atoms with E-state index in [1.807, 2.05) is 73.3 Å². The fraction of sp³-hybridized carbons (Fsp3) is 0.276. The van der Waals surface area contributed by atoms with Crippen molar-refractivity contribution >= 4 is 23.2 Å². The lowest BCUT2D eigenvalue weighted by Gasteiger charge is -2.32. The van der Waals surface area contributed by atoms with E-state index in [2.05, 4.69) is 0 Å². The zero-order valence-corrected chi connectivity index (χ0v) is 21.4. The van der Waals surface area contributed by atoms with Crippen LogP contribution >= 0.6 is 11.6 Å². The third-order valence-corrected chi connectivity index (χ3v) is 6.60. The maximum atomic E-state index is 13.8. The molecule has 7 heteroatoms. The summed E-state index contributed by atoms with van der Waals surface area (Å²) in [7, 11) is 0.